The van der Waals surface area contributed by atoms with E-state index in [0.717, 1.165) is 40.8 Å². The van der Waals surface area contributed by atoms with Crippen LogP contribution in [0.1, 0.15) is 19.3 Å². The number of rotatable bonds is 6. The van der Waals surface area contributed by atoms with Gasteiger partial charge in [-0.25, -0.2) is 0 Å². The summed E-state index contributed by atoms with van der Waals surface area (Å²) < 4.78 is 1.15. The standard InChI is InChI=1S/C11H17IN2O/c12-10-8-9(13)4-5-11(10)14-6-2-1-3-7-15/h4-5,8,14-15H,1-3,6-7,13H2. The van der Waals surface area contributed by atoms with Crippen molar-refractivity contribution in [3.05, 3.63) is 21.8 Å². The van der Waals surface area contributed by atoms with E-state index in [-0.39, 0.29) is 0 Å². The lowest BCUT2D eigenvalue weighted by atomic mass is 10.2. The zero-order valence-electron chi connectivity index (χ0n) is 8.67. The van der Waals surface area contributed by atoms with Crippen LogP contribution in [0.5, 0.6) is 0 Å². The van der Waals surface area contributed by atoms with Gasteiger partial charge in [-0.3, -0.25) is 0 Å². The monoisotopic (exact) mass is 320 g/mol. The number of benzene rings is 1. The van der Waals surface area contributed by atoms with Crippen molar-refractivity contribution in [2.45, 2.75) is 19.3 Å². The largest absolute Gasteiger partial charge is 0.399 e. The van der Waals surface area contributed by atoms with E-state index in [1.54, 1.807) is 0 Å². The molecule has 1 aromatic rings. The summed E-state index contributed by atoms with van der Waals surface area (Å²) in [5, 5.41) is 12.0. The van der Waals surface area contributed by atoms with Crippen molar-refractivity contribution < 1.29 is 5.11 Å². The average Bonchev–Trinajstić information content (AvgIpc) is 2.20. The molecule has 4 heteroatoms. The zero-order chi connectivity index (χ0) is 11.1. The molecule has 15 heavy (non-hydrogen) atoms. The number of nitrogens with two attached hydrogens (primary N) is 1. The second kappa shape index (κ2) is 6.90. The SMILES string of the molecule is Nc1ccc(NCCCCCO)c(I)c1. The van der Waals surface area contributed by atoms with Gasteiger partial charge in [0.05, 0.1) is 0 Å². The van der Waals surface area contributed by atoms with Gasteiger partial charge >= 0.3 is 0 Å². The molecule has 0 amide bonds. The lowest BCUT2D eigenvalue weighted by Crippen LogP contribution is -2.03. The fourth-order valence-electron chi connectivity index (χ4n) is 1.31. The average molecular weight is 320 g/mol. The van der Waals surface area contributed by atoms with Crippen LogP contribution in [-0.2, 0) is 0 Å². The molecule has 0 spiro atoms. The van der Waals surface area contributed by atoms with Gasteiger partial charge in [-0.1, -0.05) is 0 Å². The second-order valence-corrected chi connectivity index (χ2v) is 4.61. The fourth-order valence-corrected chi connectivity index (χ4v) is 2.04. The summed E-state index contributed by atoms with van der Waals surface area (Å²) in [5.41, 5.74) is 7.59. The highest BCUT2D eigenvalue weighted by molar-refractivity contribution is 14.1. The number of halogens is 1. The van der Waals surface area contributed by atoms with Gasteiger partial charge in [-0.05, 0) is 60.1 Å². The van der Waals surface area contributed by atoms with E-state index in [1.165, 1.54) is 0 Å². The Morgan fingerprint density at radius 3 is 2.73 bits per heavy atom. The quantitative estimate of drug-likeness (QED) is 0.429. The Bertz CT molecular complexity index is 305. The highest BCUT2D eigenvalue weighted by atomic mass is 127. The Labute approximate surface area is 104 Å². The molecule has 0 heterocycles. The molecule has 0 radical (unpaired) electrons. The van der Waals surface area contributed by atoms with Crippen LogP contribution in [0.2, 0.25) is 0 Å². The molecule has 1 aromatic carbocycles. The summed E-state index contributed by atoms with van der Waals surface area (Å²) >= 11 is 2.27. The molecule has 4 N–H and O–H groups in total. The topological polar surface area (TPSA) is 58.3 Å². The molecule has 0 aliphatic carbocycles. The summed E-state index contributed by atoms with van der Waals surface area (Å²) in [6.07, 6.45) is 3.04. The first-order valence-electron chi connectivity index (χ1n) is 5.14. The van der Waals surface area contributed by atoms with Gasteiger partial charge in [0, 0.05) is 28.1 Å². The van der Waals surface area contributed by atoms with E-state index in [1.807, 2.05) is 18.2 Å². The van der Waals surface area contributed by atoms with Crippen molar-refractivity contribution in [1.82, 2.24) is 0 Å². The Kier molecular flexibility index (Phi) is 5.78. The third kappa shape index (κ3) is 4.70. The first kappa shape index (κ1) is 12.6. The van der Waals surface area contributed by atoms with Gasteiger partial charge in [-0.2, -0.15) is 0 Å². The van der Waals surface area contributed by atoms with Crippen LogP contribution >= 0.6 is 22.6 Å². The first-order chi connectivity index (χ1) is 7.24. The van der Waals surface area contributed by atoms with Gasteiger partial charge in [0.2, 0.25) is 0 Å². The first-order valence-corrected chi connectivity index (χ1v) is 6.21. The van der Waals surface area contributed by atoms with Crippen molar-refractivity contribution in [3.63, 3.8) is 0 Å². The van der Waals surface area contributed by atoms with Crippen molar-refractivity contribution in [2.24, 2.45) is 0 Å². The van der Waals surface area contributed by atoms with Crippen molar-refractivity contribution in [2.75, 3.05) is 24.2 Å². The third-order valence-corrected chi connectivity index (χ3v) is 3.04. The maximum absolute atomic E-state index is 8.62. The molecule has 0 saturated heterocycles. The number of hydrogen-bond acceptors (Lipinski definition) is 3. The predicted molar refractivity (Wildman–Crippen MR) is 73.0 cm³/mol. The van der Waals surface area contributed by atoms with E-state index < -0.39 is 0 Å². The van der Waals surface area contributed by atoms with E-state index in [9.17, 15) is 0 Å². The number of unbranched alkanes of at least 4 members (excludes halogenated alkanes) is 2. The molecule has 0 atom stereocenters. The summed E-state index contributed by atoms with van der Waals surface area (Å²) in [7, 11) is 0. The highest BCUT2D eigenvalue weighted by Crippen LogP contribution is 2.20. The van der Waals surface area contributed by atoms with Crippen LogP contribution in [0.25, 0.3) is 0 Å². The van der Waals surface area contributed by atoms with Crippen LogP contribution in [0.4, 0.5) is 11.4 Å². The molecular weight excluding hydrogens is 303 g/mol. The van der Waals surface area contributed by atoms with Gasteiger partial charge in [0.1, 0.15) is 0 Å². The van der Waals surface area contributed by atoms with Crippen LogP contribution in [0, 0.1) is 3.57 Å². The van der Waals surface area contributed by atoms with Crippen LogP contribution in [0.15, 0.2) is 18.2 Å². The van der Waals surface area contributed by atoms with E-state index in [2.05, 4.69) is 27.9 Å². The minimum Gasteiger partial charge on any atom is -0.399 e. The van der Waals surface area contributed by atoms with Gasteiger partial charge in [0.15, 0.2) is 0 Å². The molecule has 3 nitrogen and oxygen atoms in total. The molecule has 0 bridgehead atoms. The van der Waals surface area contributed by atoms with Crippen molar-refractivity contribution >= 4 is 34.0 Å². The molecule has 1 rings (SSSR count). The smallest absolute Gasteiger partial charge is 0.0477 e. The molecule has 0 aliphatic rings. The molecule has 0 unspecified atom stereocenters. The minimum atomic E-state index is 0.291. The molecule has 0 aliphatic heterocycles. The predicted octanol–water partition coefficient (Wildman–Crippen LogP) is 2.45. The van der Waals surface area contributed by atoms with E-state index >= 15 is 0 Å². The number of nitrogens with one attached hydrogen (secondary N) is 1. The number of aliphatic hydroxyl groups excluding tert-OH is 1. The van der Waals surface area contributed by atoms with E-state index in [4.69, 9.17) is 10.8 Å². The summed E-state index contributed by atoms with van der Waals surface area (Å²) in [6, 6.07) is 5.86. The molecule has 0 fully saturated rings. The van der Waals surface area contributed by atoms with Crippen molar-refractivity contribution in [3.8, 4) is 0 Å². The lowest BCUT2D eigenvalue weighted by Gasteiger charge is -2.08. The van der Waals surface area contributed by atoms with Gasteiger partial charge < -0.3 is 16.2 Å². The maximum Gasteiger partial charge on any atom is 0.0477 e. The van der Waals surface area contributed by atoms with Crippen LogP contribution < -0.4 is 11.1 Å². The molecule has 84 valence electrons. The van der Waals surface area contributed by atoms with Crippen LogP contribution in [-0.4, -0.2) is 18.3 Å². The summed E-state index contributed by atoms with van der Waals surface area (Å²) in [6.45, 7) is 1.24. The summed E-state index contributed by atoms with van der Waals surface area (Å²) in [5.74, 6) is 0. The Balaban J connectivity index is 2.31. The van der Waals surface area contributed by atoms with Crippen molar-refractivity contribution in [1.29, 1.82) is 0 Å². The van der Waals surface area contributed by atoms with Gasteiger partial charge in [-0.15, -0.1) is 0 Å². The Morgan fingerprint density at radius 2 is 2.07 bits per heavy atom. The third-order valence-electron chi connectivity index (χ3n) is 2.14. The minimum absolute atomic E-state index is 0.291. The van der Waals surface area contributed by atoms with E-state index in [0.29, 0.717) is 6.61 Å². The highest BCUT2D eigenvalue weighted by Gasteiger charge is 1.98. The fraction of sp³-hybridized carbons (Fsp3) is 0.455. The summed E-state index contributed by atoms with van der Waals surface area (Å²) in [4.78, 5) is 0. The Morgan fingerprint density at radius 1 is 1.27 bits per heavy atom. The number of nitrogen functional groups attached to an aromatic ring is 1. The van der Waals surface area contributed by atoms with Gasteiger partial charge in [0.25, 0.3) is 0 Å². The Hall–Kier alpha value is -0.490. The molecule has 0 saturated carbocycles. The normalized spacial score (nSPS) is 10.3. The molecule has 0 aromatic heterocycles. The maximum atomic E-state index is 8.62. The number of hydrogen-bond donors (Lipinski definition) is 3. The van der Waals surface area contributed by atoms with Crippen LogP contribution in [0.3, 0.4) is 0 Å². The zero-order valence-corrected chi connectivity index (χ0v) is 10.8. The lowest BCUT2D eigenvalue weighted by molar-refractivity contribution is 0.283. The molecular formula is C11H17IN2O. The second-order valence-electron chi connectivity index (χ2n) is 3.45. The number of anilines is 2. The number of aliphatic hydroxyl groups is 1.